The lowest BCUT2D eigenvalue weighted by atomic mass is 10.0. The van der Waals surface area contributed by atoms with E-state index in [1.54, 1.807) is 6.20 Å². The van der Waals surface area contributed by atoms with Gasteiger partial charge in [-0.05, 0) is 46.1 Å². The minimum absolute atomic E-state index is 0.0364. The van der Waals surface area contributed by atoms with Crippen LogP contribution in [0.2, 0.25) is 0 Å². The molecule has 0 bridgehead atoms. The monoisotopic (exact) mass is 313 g/mol. The Morgan fingerprint density at radius 3 is 2.83 bits per heavy atom. The molecular weight excluding hydrogens is 290 g/mol. The lowest BCUT2D eigenvalue weighted by molar-refractivity contribution is 0.0581. The van der Waals surface area contributed by atoms with Crippen molar-refractivity contribution in [2.24, 2.45) is 0 Å². The van der Waals surface area contributed by atoms with E-state index in [-0.39, 0.29) is 11.9 Å². The van der Waals surface area contributed by atoms with Crippen LogP contribution >= 0.6 is 0 Å². The van der Waals surface area contributed by atoms with E-state index in [9.17, 15) is 4.79 Å². The Balaban J connectivity index is 1.83. The van der Waals surface area contributed by atoms with Gasteiger partial charge >= 0.3 is 0 Å². The van der Waals surface area contributed by atoms with Crippen LogP contribution in [-0.2, 0) is 6.54 Å². The van der Waals surface area contributed by atoms with Crippen molar-refractivity contribution in [3.8, 4) is 0 Å². The number of carbonyl (C=O) groups is 1. The molecule has 2 aromatic heterocycles. The summed E-state index contributed by atoms with van der Waals surface area (Å²) >= 11 is 0. The summed E-state index contributed by atoms with van der Waals surface area (Å²) in [5.41, 5.74) is 3.50. The van der Waals surface area contributed by atoms with Crippen LogP contribution in [0, 0.1) is 20.8 Å². The van der Waals surface area contributed by atoms with Crippen LogP contribution in [0.1, 0.15) is 46.7 Å². The minimum Gasteiger partial charge on any atom is -0.334 e. The maximum atomic E-state index is 12.9. The van der Waals surface area contributed by atoms with E-state index in [4.69, 9.17) is 0 Å². The normalized spacial score (nSPS) is 18.2. The molecule has 1 fully saturated rings. The number of aromatic nitrogens is 4. The third-order valence-corrected chi connectivity index (χ3v) is 4.52. The van der Waals surface area contributed by atoms with Gasteiger partial charge in [-0.25, -0.2) is 9.97 Å². The average Bonchev–Trinajstić information content (AvgIpc) is 2.85. The minimum atomic E-state index is 0.0364. The number of likely N-dealkylation sites (tertiary alicyclic amines) is 1. The molecule has 6 heteroatoms. The number of nitrogens with zero attached hydrogens (tertiary/aromatic N) is 5. The largest absolute Gasteiger partial charge is 0.334 e. The van der Waals surface area contributed by atoms with Crippen molar-refractivity contribution in [3.05, 3.63) is 41.2 Å². The Kier molecular flexibility index (Phi) is 4.41. The molecule has 0 aliphatic carbocycles. The first-order valence-corrected chi connectivity index (χ1v) is 8.15. The van der Waals surface area contributed by atoms with Crippen molar-refractivity contribution >= 4 is 5.91 Å². The first-order valence-electron chi connectivity index (χ1n) is 8.15. The van der Waals surface area contributed by atoms with Gasteiger partial charge in [0, 0.05) is 18.4 Å². The fourth-order valence-corrected chi connectivity index (χ4v) is 3.27. The molecule has 1 atom stereocenters. The van der Waals surface area contributed by atoms with E-state index >= 15 is 0 Å². The Bertz CT molecular complexity index is 709. The van der Waals surface area contributed by atoms with Crippen molar-refractivity contribution in [3.63, 3.8) is 0 Å². The Labute approximate surface area is 136 Å². The van der Waals surface area contributed by atoms with E-state index in [2.05, 4.69) is 28.1 Å². The standard InChI is InChI=1S/C17H23N5O/c1-12-8-13(2)22(20-12)10-15-6-4-5-7-21(15)17(23)16-9-18-11-19-14(16)3/h8-9,11,15H,4-7,10H2,1-3H3/t15-/m1/s1. The topological polar surface area (TPSA) is 63.9 Å². The number of hydrogen-bond acceptors (Lipinski definition) is 4. The molecule has 0 N–H and O–H groups in total. The number of rotatable bonds is 3. The summed E-state index contributed by atoms with van der Waals surface area (Å²) in [7, 11) is 0. The molecule has 1 amide bonds. The highest BCUT2D eigenvalue weighted by Gasteiger charge is 2.29. The van der Waals surface area contributed by atoms with E-state index < -0.39 is 0 Å². The smallest absolute Gasteiger partial charge is 0.257 e. The van der Waals surface area contributed by atoms with E-state index in [1.807, 2.05) is 23.4 Å². The van der Waals surface area contributed by atoms with Crippen LogP contribution in [0.15, 0.2) is 18.6 Å². The second-order valence-electron chi connectivity index (χ2n) is 6.28. The highest BCUT2D eigenvalue weighted by Crippen LogP contribution is 2.22. The van der Waals surface area contributed by atoms with Gasteiger partial charge in [0.1, 0.15) is 6.33 Å². The Morgan fingerprint density at radius 2 is 2.13 bits per heavy atom. The van der Waals surface area contributed by atoms with Gasteiger partial charge in [-0.1, -0.05) is 0 Å². The van der Waals surface area contributed by atoms with Gasteiger partial charge in [0.15, 0.2) is 0 Å². The van der Waals surface area contributed by atoms with Gasteiger partial charge < -0.3 is 4.90 Å². The molecule has 0 saturated carbocycles. The van der Waals surface area contributed by atoms with Gasteiger partial charge in [-0.15, -0.1) is 0 Å². The molecule has 3 heterocycles. The lowest BCUT2D eigenvalue weighted by Crippen LogP contribution is -2.46. The van der Waals surface area contributed by atoms with Crippen LogP contribution < -0.4 is 0 Å². The molecule has 0 unspecified atom stereocenters. The summed E-state index contributed by atoms with van der Waals surface area (Å²) in [6, 6.07) is 2.25. The van der Waals surface area contributed by atoms with Gasteiger partial charge in [-0.3, -0.25) is 9.48 Å². The fourth-order valence-electron chi connectivity index (χ4n) is 3.27. The van der Waals surface area contributed by atoms with Crippen molar-refractivity contribution in [1.82, 2.24) is 24.6 Å². The second-order valence-corrected chi connectivity index (χ2v) is 6.28. The zero-order valence-corrected chi connectivity index (χ0v) is 14.0. The molecule has 0 radical (unpaired) electrons. The molecule has 122 valence electrons. The summed E-state index contributed by atoms with van der Waals surface area (Å²) in [5.74, 6) is 0.0364. The first-order chi connectivity index (χ1) is 11.1. The highest BCUT2D eigenvalue weighted by atomic mass is 16.2. The predicted octanol–water partition coefficient (Wildman–Crippen LogP) is 2.29. The number of carbonyl (C=O) groups excluding carboxylic acids is 1. The van der Waals surface area contributed by atoms with Crippen molar-refractivity contribution in [1.29, 1.82) is 0 Å². The van der Waals surface area contributed by atoms with Gasteiger partial charge in [-0.2, -0.15) is 5.10 Å². The second kappa shape index (κ2) is 6.48. The van der Waals surface area contributed by atoms with E-state index in [0.29, 0.717) is 5.56 Å². The maximum Gasteiger partial charge on any atom is 0.257 e. The molecule has 23 heavy (non-hydrogen) atoms. The number of piperidine rings is 1. The molecule has 0 spiro atoms. The summed E-state index contributed by atoms with van der Waals surface area (Å²) in [4.78, 5) is 23.1. The molecular formula is C17H23N5O. The summed E-state index contributed by atoms with van der Waals surface area (Å²) in [6.45, 7) is 7.45. The SMILES string of the molecule is Cc1cc(C)n(C[C@H]2CCCCN2C(=O)c2cncnc2C)n1. The fraction of sp³-hybridized carbons (Fsp3) is 0.529. The molecule has 3 rings (SSSR count). The summed E-state index contributed by atoms with van der Waals surface area (Å²) < 4.78 is 2.01. The zero-order valence-electron chi connectivity index (χ0n) is 14.0. The first kappa shape index (κ1) is 15.6. The van der Waals surface area contributed by atoms with Gasteiger partial charge in [0.05, 0.1) is 29.5 Å². The summed E-state index contributed by atoms with van der Waals surface area (Å²) in [6.07, 6.45) is 6.32. The molecule has 6 nitrogen and oxygen atoms in total. The molecule has 1 saturated heterocycles. The third-order valence-electron chi connectivity index (χ3n) is 4.52. The van der Waals surface area contributed by atoms with Gasteiger partial charge in [0.25, 0.3) is 5.91 Å². The van der Waals surface area contributed by atoms with Crippen LogP contribution in [0.5, 0.6) is 0 Å². The third kappa shape index (κ3) is 3.25. The molecule has 1 aliphatic rings. The van der Waals surface area contributed by atoms with Crippen molar-refractivity contribution in [2.45, 2.75) is 52.6 Å². The number of aryl methyl sites for hydroxylation is 3. The maximum absolute atomic E-state index is 12.9. The van der Waals surface area contributed by atoms with Crippen molar-refractivity contribution < 1.29 is 4.79 Å². The zero-order chi connectivity index (χ0) is 16.4. The Hall–Kier alpha value is -2.24. The van der Waals surface area contributed by atoms with Gasteiger partial charge in [0.2, 0.25) is 0 Å². The average molecular weight is 313 g/mol. The number of hydrogen-bond donors (Lipinski definition) is 0. The van der Waals surface area contributed by atoms with E-state index in [1.165, 1.54) is 6.33 Å². The lowest BCUT2D eigenvalue weighted by Gasteiger charge is -2.36. The summed E-state index contributed by atoms with van der Waals surface area (Å²) in [5, 5.41) is 4.54. The highest BCUT2D eigenvalue weighted by molar-refractivity contribution is 5.95. The van der Waals surface area contributed by atoms with Crippen LogP contribution in [-0.4, -0.2) is 43.1 Å². The van der Waals surface area contributed by atoms with E-state index in [0.717, 1.165) is 49.4 Å². The predicted molar refractivity (Wildman–Crippen MR) is 87.1 cm³/mol. The number of amides is 1. The molecule has 0 aromatic carbocycles. The van der Waals surface area contributed by atoms with Crippen molar-refractivity contribution in [2.75, 3.05) is 6.54 Å². The molecule has 2 aromatic rings. The van der Waals surface area contributed by atoms with Crippen LogP contribution in [0.25, 0.3) is 0 Å². The molecule has 1 aliphatic heterocycles. The quantitative estimate of drug-likeness (QED) is 0.872. The van der Waals surface area contributed by atoms with Crippen LogP contribution in [0.3, 0.4) is 0 Å². The Morgan fingerprint density at radius 1 is 1.30 bits per heavy atom. The van der Waals surface area contributed by atoms with Crippen LogP contribution in [0.4, 0.5) is 0 Å².